The van der Waals surface area contributed by atoms with Crippen LogP contribution in [0, 0.1) is 5.92 Å². The second-order valence-corrected chi connectivity index (χ2v) is 10.1. The summed E-state index contributed by atoms with van der Waals surface area (Å²) in [7, 11) is 0. The van der Waals surface area contributed by atoms with Crippen LogP contribution < -0.4 is 15.8 Å². The summed E-state index contributed by atoms with van der Waals surface area (Å²) in [5.74, 6) is 1.20. The number of aromatic nitrogens is 5. The number of rotatable bonds is 8. The smallest absolute Gasteiger partial charge is 0.278 e. The molecule has 0 saturated carbocycles. The number of aryl methyl sites for hydroxylation is 1. The fraction of sp³-hybridized carbons (Fsp3) is 0.357. The van der Waals surface area contributed by atoms with Crippen molar-refractivity contribution in [1.29, 1.82) is 0 Å². The number of aliphatic hydroxyl groups is 2. The molecule has 1 atom stereocenters. The molecule has 6 rings (SSSR count). The molecule has 0 radical (unpaired) electrons. The van der Waals surface area contributed by atoms with Crippen LogP contribution in [-0.4, -0.2) is 54.2 Å². The lowest BCUT2D eigenvalue weighted by atomic mass is 9.98. The van der Waals surface area contributed by atoms with Crippen molar-refractivity contribution in [2.45, 2.75) is 38.3 Å². The van der Waals surface area contributed by atoms with Gasteiger partial charge in [0, 0.05) is 43.2 Å². The molecule has 10 nitrogen and oxygen atoms in total. The normalized spacial score (nSPS) is 19.0. The Morgan fingerprint density at radius 1 is 1.18 bits per heavy atom. The number of pyridine rings is 1. The van der Waals surface area contributed by atoms with Gasteiger partial charge in [0.05, 0.1) is 12.2 Å². The summed E-state index contributed by atoms with van der Waals surface area (Å²) in [5.41, 5.74) is 2.82. The zero-order chi connectivity index (χ0) is 26.4. The fourth-order valence-electron chi connectivity index (χ4n) is 5.39. The average molecular weight is 514 g/mol. The lowest BCUT2D eigenvalue weighted by Crippen LogP contribution is -2.48. The number of benzene rings is 1. The van der Waals surface area contributed by atoms with Crippen molar-refractivity contribution < 1.29 is 10.2 Å². The Morgan fingerprint density at radius 3 is 2.68 bits per heavy atom. The Bertz CT molecular complexity index is 1570. The van der Waals surface area contributed by atoms with Gasteiger partial charge in [-0.15, -0.1) is 6.58 Å². The molecule has 4 aromatic rings. The largest absolute Gasteiger partial charge is 0.396 e. The molecule has 38 heavy (non-hydrogen) atoms. The highest BCUT2D eigenvalue weighted by molar-refractivity contribution is 5.77. The maximum atomic E-state index is 13.3. The van der Waals surface area contributed by atoms with Crippen LogP contribution in [0.15, 0.2) is 60.0 Å². The second-order valence-electron chi connectivity index (χ2n) is 10.1. The van der Waals surface area contributed by atoms with E-state index in [4.69, 9.17) is 9.97 Å². The van der Waals surface area contributed by atoms with E-state index in [-0.39, 0.29) is 18.7 Å². The molecule has 4 heterocycles. The average Bonchev–Trinajstić information content (AvgIpc) is 3.38. The third kappa shape index (κ3) is 3.97. The van der Waals surface area contributed by atoms with Crippen LogP contribution in [0.1, 0.15) is 31.0 Å². The predicted molar refractivity (Wildman–Crippen MR) is 146 cm³/mol. The summed E-state index contributed by atoms with van der Waals surface area (Å²) in [5, 5.41) is 24.0. The molecule has 1 aliphatic carbocycles. The molecular formula is C28H31N7O3. The van der Waals surface area contributed by atoms with Crippen LogP contribution in [-0.2, 0) is 18.6 Å². The maximum absolute atomic E-state index is 13.3. The Kier molecular flexibility index (Phi) is 6.00. The van der Waals surface area contributed by atoms with Gasteiger partial charge in [0.25, 0.3) is 5.56 Å². The summed E-state index contributed by atoms with van der Waals surface area (Å²) in [4.78, 5) is 29.4. The van der Waals surface area contributed by atoms with Gasteiger partial charge in [0.2, 0.25) is 5.95 Å². The van der Waals surface area contributed by atoms with Gasteiger partial charge in [0.15, 0.2) is 11.5 Å². The topological polar surface area (TPSA) is 121 Å². The van der Waals surface area contributed by atoms with Crippen LogP contribution in [0.4, 0.5) is 17.3 Å². The van der Waals surface area contributed by atoms with E-state index < -0.39 is 5.60 Å². The molecule has 196 valence electrons. The van der Waals surface area contributed by atoms with Crippen LogP contribution in [0.3, 0.4) is 0 Å². The van der Waals surface area contributed by atoms with Gasteiger partial charge in [-0.3, -0.25) is 4.79 Å². The zero-order valence-electron chi connectivity index (χ0n) is 21.3. The van der Waals surface area contributed by atoms with Crippen molar-refractivity contribution in [2.24, 2.45) is 5.92 Å². The predicted octanol–water partition coefficient (Wildman–Crippen LogP) is 2.88. The molecule has 0 amide bonds. The van der Waals surface area contributed by atoms with Crippen molar-refractivity contribution in [3.05, 3.63) is 76.9 Å². The highest BCUT2D eigenvalue weighted by Crippen LogP contribution is 2.38. The minimum Gasteiger partial charge on any atom is -0.396 e. The van der Waals surface area contributed by atoms with E-state index in [2.05, 4.69) is 21.8 Å². The number of fused-ring (bicyclic) bond motifs is 2. The summed E-state index contributed by atoms with van der Waals surface area (Å²) in [6, 6.07) is 11.8. The van der Waals surface area contributed by atoms with Crippen LogP contribution in [0.5, 0.6) is 0 Å². The van der Waals surface area contributed by atoms with Crippen molar-refractivity contribution in [2.75, 3.05) is 29.9 Å². The van der Waals surface area contributed by atoms with Gasteiger partial charge in [-0.25, -0.2) is 19.3 Å². The number of hydrogen-bond donors (Lipinski definition) is 3. The SMILES string of the molecule is C=CCn1c(=O)c2cnc(Nc3ccc(N4CC(CO)C4)cc3)nc2n1-c1ccc2c(n1)[C@@](O)(CC)CC2. The summed E-state index contributed by atoms with van der Waals surface area (Å²) in [6.07, 6.45) is 5.16. The van der Waals surface area contributed by atoms with E-state index >= 15 is 0 Å². The van der Waals surface area contributed by atoms with Crippen molar-refractivity contribution in [3.8, 4) is 5.82 Å². The van der Waals surface area contributed by atoms with Gasteiger partial charge in [-0.05, 0) is 55.2 Å². The molecule has 1 fully saturated rings. The van der Waals surface area contributed by atoms with Gasteiger partial charge >= 0.3 is 0 Å². The van der Waals surface area contributed by atoms with Crippen LogP contribution in [0.25, 0.3) is 16.9 Å². The van der Waals surface area contributed by atoms with Gasteiger partial charge in [-0.2, -0.15) is 4.98 Å². The van der Waals surface area contributed by atoms with Gasteiger partial charge in [-0.1, -0.05) is 19.1 Å². The number of anilines is 3. The quantitative estimate of drug-likeness (QED) is 0.308. The lowest BCUT2D eigenvalue weighted by molar-refractivity contribution is 0.0306. The molecule has 10 heteroatoms. The minimum atomic E-state index is -0.971. The second kappa shape index (κ2) is 9.38. The Balaban J connectivity index is 1.37. The maximum Gasteiger partial charge on any atom is 0.278 e. The first-order valence-electron chi connectivity index (χ1n) is 13.0. The van der Waals surface area contributed by atoms with E-state index in [0.29, 0.717) is 47.3 Å². The molecule has 2 aliphatic rings. The highest BCUT2D eigenvalue weighted by Gasteiger charge is 2.37. The monoisotopic (exact) mass is 513 g/mol. The fourth-order valence-corrected chi connectivity index (χ4v) is 5.39. The standard InChI is InChI=1S/C28H31N7O3/c1-3-13-34-26(37)22-14-29-27(30-20-6-8-21(9-7-20)33-15-18(16-33)17-36)32-25(22)35(34)23-10-5-19-11-12-28(38,4-2)24(19)31-23/h3,5-10,14,18,36,38H,1,4,11-13,15-17H2,2H3,(H,29,30,32)/t28-/m1/s1. The third-order valence-electron chi connectivity index (χ3n) is 7.70. The number of allylic oxidation sites excluding steroid dienone is 1. The van der Waals surface area contributed by atoms with E-state index in [1.807, 2.05) is 43.3 Å². The van der Waals surface area contributed by atoms with Crippen molar-refractivity contribution >= 4 is 28.4 Å². The van der Waals surface area contributed by atoms with Crippen molar-refractivity contribution in [1.82, 2.24) is 24.3 Å². The molecule has 3 N–H and O–H groups in total. The Morgan fingerprint density at radius 2 is 1.97 bits per heavy atom. The molecule has 1 saturated heterocycles. The molecule has 1 aliphatic heterocycles. The molecule has 1 aromatic carbocycles. The number of aliphatic hydroxyl groups excluding tert-OH is 1. The minimum absolute atomic E-state index is 0.218. The van der Waals surface area contributed by atoms with Gasteiger partial charge in [0.1, 0.15) is 11.0 Å². The number of nitrogens with one attached hydrogen (secondary N) is 1. The van der Waals surface area contributed by atoms with E-state index in [1.54, 1.807) is 10.8 Å². The number of nitrogens with zero attached hydrogens (tertiary/aromatic N) is 6. The van der Waals surface area contributed by atoms with E-state index in [1.165, 1.54) is 10.9 Å². The Labute approximate surface area is 219 Å². The molecule has 0 bridgehead atoms. The number of hydrogen-bond acceptors (Lipinski definition) is 8. The van der Waals surface area contributed by atoms with Crippen LogP contribution >= 0.6 is 0 Å². The van der Waals surface area contributed by atoms with Gasteiger partial charge < -0.3 is 20.4 Å². The van der Waals surface area contributed by atoms with E-state index in [0.717, 1.165) is 36.4 Å². The first kappa shape index (κ1) is 24.3. The Hall–Kier alpha value is -4.02. The van der Waals surface area contributed by atoms with Crippen molar-refractivity contribution in [3.63, 3.8) is 0 Å². The summed E-state index contributed by atoms with van der Waals surface area (Å²) >= 11 is 0. The molecule has 0 unspecified atom stereocenters. The lowest BCUT2D eigenvalue weighted by Gasteiger charge is -2.40. The first-order valence-corrected chi connectivity index (χ1v) is 13.0. The highest BCUT2D eigenvalue weighted by atomic mass is 16.3. The molecule has 0 spiro atoms. The van der Waals surface area contributed by atoms with Crippen LogP contribution in [0.2, 0.25) is 0 Å². The summed E-state index contributed by atoms with van der Waals surface area (Å²) in [6.45, 7) is 7.96. The molecule has 3 aromatic heterocycles. The molecular weight excluding hydrogens is 482 g/mol. The first-order chi connectivity index (χ1) is 18.4. The third-order valence-corrected chi connectivity index (χ3v) is 7.70. The summed E-state index contributed by atoms with van der Waals surface area (Å²) < 4.78 is 3.22. The van der Waals surface area contributed by atoms with E-state index in [9.17, 15) is 15.0 Å². The zero-order valence-corrected chi connectivity index (χ0v) is 21.3.